The van der Waals surface area contributed by atoms with Gasteiger partial charge in [-0.1, -0.05) is 46.3 Å². The minimum Gasteiger partial charge on any atom is -0.506 e. The SMILES string of the molecule is N=C1C=CC(Br)=C/C1=N/Nc1c(O)ccc2ccccc12. The molecule has 4 nitrogen and oxygen atoms in total. The Balaban J connectivity index is 2.01. The Labute approximate surface area is 130 Å². The molecule has 0 atom stereocenters. The summed E-state index contributed by atoms with van der Waals surface area (Å²) in [7, 11) is 0. The molecular formula is C16H12BrN3O. The molecule has 21 heavy (non-hydrogen) atoms. The molecule has 0 aliphatic heterocycles. The second kappa shape index (κ2) is 5.54. The topological polar surface area (TPSA) is 68.5 Å². The monoisotopic (exact) mass is 341 g/mol. The first-order valence-corrected chi connectivity index (χ1v) is 7.13. The first-order chi connectivity index (χ1) is 10.1. The van der Waals surface area contributed by atoms with Gasteiger partial charge in [-0.15, -0.1) is 0 Å². The number of hydrazone groups is 1. The molecule has 0 saturated heterocycles. The van der Waals surface area contributed by atoms with Gasteiger partial charge < -0.3 is 5.11 Å². The van der Waals surface area contributed by atoms with E-state index in [4.69, 9.17) is 5.41 Å². The zero-order valence-corrected chi connectivity index (χ0v) is 12.6. The smallest absolute Gasteiger partial charge is 0.141 e. The van der Waals surface area contributed by atoms with Gasteiger partial charge in [0.1, 0.15) is 17.1 Å². The molecule has 0 radical (unpaired) electrons. The molecule has 5 heteroatoms. The van der Waals surface area contributed by atoms with Crippen molar-refractivity contribution in [3.05, 3.63) is 59.1 Å². The van der Waals surface area contributed by atoms with Crippen LogP contribution in [0.5, 0.6) is 5.75 Å². The zero-order valence-electron chi connectivity index (χ0n) is 11.0. The Morgan fingerprint density at radius 2 is 1.90 bits per heavy atom. The maximum Gasteiger partial charge on any atom is 0.141 e. The predicted molar refractivity (Wildman–Crippen MR) is 90.5 cm³/mol. The van der Waals surface area contributed by atoms with Crippen LogP contribution in [0.4, 0.5) is 5.69 Å². The van der Waals surface area contributed by atoms with Crippen LogP contribution in [-0.4, -0.2) is 16.5 Å². The van der Waals surface area contributed by atoms with E-state index in [1.54, 1.807) is 24.3 Å². The fraction of sp³-hybridized carbons (Fsp3) is 0. The fourth-order valence-corrected chi connectivity index (χ4v) is 2.44. The van der Waals surface area contributed by atoms with Gasteiger partial charge >= 0.3 is 0 Å². The minimum absolute atomic E-state index is 0.124. The lowest BCUT2D eigenvalue weighted by molar-refractivity contribution is 0.478. The molecule has 1 aliphatic rings. The summed E-state index contributed by atoms with van der Waals surface area (Å²) in [6, 6.07) is 11.2. The number of rotatable bonds is 2. The Hall–Kier alpha value is -2.40. The molecule has 0 unspecified atom stereocenters. The first kappa shape index (κ1) is 13.6. The standard InChI is InChI=1S/C16H12BrN3O/c17-11-6-7-13(18)14(9-11)19-20-16-12-4-2-1-3-10(12)5-8-15(16)21/h1-9,18,20-21H/b18-13?,19-14-. The zero-order chi connectivity index (χ0) is 14.8. The lowest BCUT2D eigenvalue weighted by Gasteiger charge is -2.10. The number of hydrogen-bond donors (Lipinski definition) is 3. The largest absolute Gasteiger partial charge is 0.506 e. The van der Waals surface area contributed by atoms with Crippen molar-refractivity contribution < 1.29 is 5.11 Å². The van der Waals surface area contributed by atoms with E-state index in [0.29, 0.717) is 17.1 Å². The van der Waals surface area contributed by atoms with Gasteiger partial charge in [-0.2, -0.15) is 5.10 Å². The number of anilines is 1. The molecule has 3 rings (SSSR count). The summed E-state index contributed by atoms with van der Waals surface area (Å²) in [5.74, 6) is 0.124. The van der Waals surface area contributed by atoms with Crippen LogP contribution in [0.15, 0.2) is 64.2 Å². The van der Waals surface area contributed by atoms with Crippen molar-refractivity contribution in [3.8, 4) is 5.75 Å². The van der Waals surface area contributed by atoms with Gasteiger partial charge in [0.05, 0.1) is 5.71 Å². The summed E-state index contributed by atoms with van der Waals surface area (Å²) in [5, 5.41) is 24.0. The Kier molecular flexibility index (Phi) is 3.58. The molecular weight excluding hydrogens is 330 g/mol. The molecule has 0 fully saturated rings. The lowest BCUT2D eigenvalue weighted by Crippen LogP contribution is -2.12. The van der Waals surface area contributed by atoms with Gasteiger partial charge in [0, 0.05) is 9.87 Å². The molecule has 2 aromatic rings. The van der Waals surface area contributed by atoms with Gasteiger partial charge in [0.15, 0.2) is 0 Å². The molecule has 0 heterocycles. The van der Waals surface area contributed by atoms with Gasteiger partial charge in [-0.25, -0.2) is 0 Å². The first-order valence-electron chi connectivity index (χ1n) is 6.34. The van der Waals surface area contributed by atoms with Gasteiger partial charge in [0.2, 0.25) is 0 Å². The van der Waals surface area contributed by atoms with Crippen LogP contribution in [-0.2, 0) is 0 Å². The van der Waals surface area contributed by atoms with Crippen LogP contribution in [0, 0.1) is 5.41 Å². The molecule has 3 N–H and O–H groups in total. The fourth-order valence-electron chi connectivity index (χ4n) is 2.09. The van der Waals surface area contributed by atoms with E-state index < -0.39 is 0 Å². The highest BCUT2D eigenvalue weighted by Crippen LogP contribution is 2.32. The van der Waals surface area contributed by atoms with Crippen LogP contribution in [0.2, 0.25) is 0 Å². The Morgan fingerprint density at radius 1 is 1.10 bits per heavy atom. The van der Waals surface area contributed by atoms with E-state index in [9.17, 15) is 5.11 Å². The quantitative estimate of drug-likeness (QED) is 0.435. The van der Waals surface area contributed by atoms with E-state index in [1.165, 1.54) is 0 Å². The molecule has 1 aliphatic carbocycles. The van der Waals surface area contributed by atoms with Crippen LogP contribution < -0.4 is 5.43 Å². The summed E-state index contributed by atoms with van der Waals surface area (Å²) in [4.78, 5) is 0. The van der Waals surface area contributed by atoms with Crippen molar-refractivity contribution in [1.29, 1.82) is 5.41 Å². The Morgan fingerprint density at radius 3 is 2.76 bits per heavy atom. The van der Waals surface area contributed by atoms with E-state index in [0.717, 1.165) is 15.3 Å². The van der Waals surface area contributed by atoms with Crippen LogP contribution in [0.3, 0.4) is 0 Å². The summed E-state index contributed by atoms with van der Waals surface area (Å²) in [6.07, 6.45) is 5.20. The maximum absolute atomic E-state index is 10.0. The van der Waals surface area contributed by atoms with Crippen molar-refractivity contribution in [3.63, 3.8) is 0 Å². The van der Waals surface area contributed by atoms with Gasteiger partial charge in [0.25, 0.3) is 0 Å². The van der Waals surface area contributed by atoms with Gasteiger partial charge in [-0.3, -0.25) is 10.8 Å². The van der Waals surface area contributed by atoms with E-state index in [-0.39, 0.29) is 5.75 Å². The number of nitrogens with zero attached hydrogens (tertiary/aromatic N) is 1. The molecule has 0 spiro atoms. The summed E-state index contributed by atoms with van der Waals surface area (Å²) in [6.45, 7) is 0. The highest BCUT2D eigenvalue weighted by Gasteiger charge is 2.09. The van der Waals surface area contributed by atoms with E-state index in [1.807, 2.05) is 30.3 Å². The number of halogens is 1. The number of allylic oxidation sites excluding steroid dienone is 4. The second-order valence-corrected chi connectivity index (χ2v) is 5.48. The van der Waals surface area contributed by atoms with E-state index in [2.05, 4.69) is 26.5 Å². The van der Waals surface area contributed by atoms with Crippen molar-refractivity contribution in [2.75, 3.05) is 5.43 Å². The van der Waals surface area contributed by atoms with E-state index >= 15 is 0 Å². The third kappa shape index (κ3) is 2.73. The summed E-state index contributed by atoms with van der Waals surface area (Å²) < 4.78 is 0.848. The average molecular weight is 342 g/mol. The second-order valence-electron chi connectivity index (χ2n) is 4.57. The van der Waals surface area contributed by atoms with Gasteiger partial charge in [-0.05, 0) is 29.7 Å². The average Bonchev–Trinajstić information content (AvgIpc) is 2.49. The number of benzene rings is 2. The maximum atomic E-state index is 10.0. The van der Waals surface area contributed by atoms with Crippen LogP contribution >= 0.6 is 15.9 Å². The number of hydrogen-bond acceptors (Lipinski definition) is 4. The third-order valence-corrected chi connectivity index (χ3v) is 3.65. The molecule has 0 amide bonds. The minimum atomic E-state index is 0.124. The molecule has 0 aromatic heterocycles. The lowest BCUT2D eigenvalue weighted by atomic mass is 10.1. The predicted octanol–water partition coefficient (Wildman–Crippen LogP) is 4.18. The van der Waals surface area contributed by atoms with Crippen molar-refractivity contribution >= 4 is 43.8 Å². The van der Waals surface area contributed by atoms with Crippen molar-refractivity contribution in [1.82, 2.24) is 0 Å². The number of aromatic hydroxyl groups is 1. The highest BCUT2D eigenvalue weighted by molar-refractivity contribution is 9.11. The molecule has 104 valence electrons. The number of fused-ring (bicyclic) bond motifs is 1. The van der Waals surface area contributed by atoms with Crippen molar-refractivity contribution in [2.24, 2.45) is 5.10 Å². The molecule has 0 bridgehead atoms. The summed E-state index contributed by atoms with van der Waals surface area (Å²) >= 11 is 3.36. The third-order valence-electron chi connectivity index (χ3n) is 3.15. The number of phenols is 1. The highest BCUT2D eigenvalue weighted by atomic mass is 79.9. The number of nitrogens with one attached hydrogen (secondary N) is 2. The van der Waals surface area contributed by atoms with Crippen LogP contribution in [0.25, 0.3) is 10.8 Å². The normalized spacial score (nSPS) is 16.3. The Bertz CT molecular complexity index is 821. The van der Waals surface area contributed by atoms with Crippen LogP contribution in [0.1, 0.15) is 0 Å². The molecule has 0 saturated carbocycles. The van der Waals surface area contributed by atoms with Crippen molar-refractivity contribution in [2.45, 2.75) is 0 Å². The summed E-state index contributed by atoms with van der Waals surface area (Å²) in [5.41, 5.74) is 4.22. The number of phenolic OH excluding ortho intramolecular Hbond substituents is 1. The molecule has 2 aromatic carbocycles.